The lowest BCUT2D eigenvalue weighted by Crippen LogP contribution is -2.34. The summed E-state index contributed by atoms with van der Waals surface area (Å²) < 4.78 is 5.03. The highest BCUT2D eigenvalue weighted by atomic mass is 32.1. The van der Waals surface area contributed by atoms with Crippen LogP contribution >= 0.6 is 12.2 Å². The molecular weight excluding hydrogens is 268 g/mol. The van der Waals surface area contributed by atoms with E-state index >= 15 is 0 Å². The number of allylic oxidation sites excluding steroid dienone is 1. The van der Waals surface area contributed by atoms with Crippen LogP contribution in [0, 0.1) is 10.7 Å². The first-order valence-corrected chi connectivity index (χ1v) is 8.10. The Labute approximate surface area is 126 Å². The van der Waals surface area contributed by atoms with Crippen LogP contribution in [0.25, 0.3) is 0 Å². The van der Waals surface area contributed by atoms with E-state index in [1.54, 1.807) is 0 Å². The van der Waals surface area contributed by atoms with Gasteiger partial charge in [0, 0.05) is 25.6 Å². The maximum atomic E-state index is 5.61. The lowest BCUT2D eigenvalue weighted by atomic mass is 10.00. The highest BCUT2D eigenvalue weighted by Gasteiger charge is 2.30. The Bertz CT molecular complexity index is 533. The monoisotopic (exact) mass is 292 g/mol. The summed E-state index contributed by atoms with van der Waals surface area (Å²) in [4.78, 5) is 2.47. The van der Waals surface area contributed by atoms with Crippen LogP contribution in [0.15, 0.2) is 12.7 Å². The molecule has 0 bridgehead atoms. The third-order valence-corrected chi connectivity index (χ3v) is 4.85. The zero-order valence-electron chi connectivity index (χ0n) is 12.3. The molecule has 1 aliphatic heterocycles. The molecule has 1 aromatic heterocycles. The Kier molecular flexibility index (Phi) is 4.08. The molecule has 2 aliphatic rings. The van der Waals surface area contributed by atoms with Gasteiger partial charge in [-0.2, -0.15) is 5.10 Å². The van der Waals surface area contributed by atoms with E-state index in [1.165, 1.54) is 31.5 Å². The minimum atomic E-state index is 0.624. The Hall–Kier alpha value is -0.940. The van der Waals surface area contributed by atoms with Crippen molar-refractivity contribution in [3.63, 3.8) is 0 Å². The first-order chi connectivity index (χ1) is 9.69. The van der Waals surface area contributed by atoms with Gasteiger partial charge in [0.05, 0.1) is 6.67 Å². The van der Waals surface area contributed by atoms with E-state index in [-0.39, 0.29) is 0 Å². The molecule has 110 valence electrons. The summed E-state index contributed by atoms with van der Waals surface area (Å²) in [7, 11) is 0. The molecule has 0 unspecified atom stereocenters. The first kappa shape index (κ1) is 14.0. The fraction of sp³-hybridized carbons (Fsp3) is 0.733. The smallest absolute Gasteiger partial charge is 0.199 e. The van der Waals surface area contributed by atoms with Crippen molar-refractivity contribution < 1.29 is 0 Å². The summed E-state index contributed by atoms with van der Waals surface area (Å²) in [5, 5.41) is 4.79. The van der Waals surface area contributed by atoms with Crippen LogP contribution in [0.3, 0.4) is 0 Å². The molecular formula is C15H24N4S. The largest absolute Gasteiger partial charge is 0.300 e. The van der Waals surface area contributed by atoms with E-state index in [2.05, 4.69) is 23.0 Å². The fourth-order valence-electron chi connectivity index (χ4n) is 2.89. The lowest BCUT2D eigenvalue weighted by Gasteiger charge is -2.29. The highest BCUT2D eigenvalue weighted by Crippen LogP contribution is 2.39. The van der Waals surface area contributed by atoms with Crippen LogP contribution in [0.2, 0.25) is 0 Å². The van der Waals surface area contributed by atoms with E-state index in [0.717, 1.165) is 37.0 Å². The second-order valence-electron chi connectivity index (χ2n) is 6.26. The number of likely N-dealkylation sites (tertiary alicyclic amines) is 1. The van der Waals surface area contributed by atoms with Crippen LogP contribution < -0.4 is 0 Å². The molecule has 0 spiro atoms. The molecule has 0 N–H and O–H groups in total. The van der Waals surface area contributed by atoms with Crippen LogP contribution in [0.4, 0.5) is 0 Å². The predicted octanol–water partition coefficient (Wildman–Crippen LogP) is 3.17. The van der Waals surface area contributed by atoms with Gasteiger partial charge < -0.3 is 0 Å². The zero-order valence-corrected chi connectivity index (χ0v) is 13.1. The Morgan fingerprint density at radius 1 is 1.30 bits per heavy atom. The topological polar surface area (TPSA) is 26.0 Å². The second kappa shape index (κ2) is 5.82. The molecule has 4 nitrogen and oxygen atoms in total. The van der Waals surface area contributed by atoms with E-state index in [1.807, 2.05) is 10.8 Å². The predicted molar refractivity (Wildman–Crippen MR) is 83.2 cm³/mol. The standard InChI is InChI=1S/C15H24N4S/c1-3-8-18-14(13-4-5-13)16-19(15(18)20)11-17-9-6-12(2)7-10-17/h3,12-13H,1,4-11H2,2H3. The van der Waals surface area contributed by atoms with Crippen molar-refractivity contribution in [3.05, 3.63) is 23.3 Å². The van der Waals surface area contributed by atoms with E-state index < -0.39 is 0 Å². The molecule has 5 heteroatoms. The van der Waals surface area contributed by atoms with Crippen LogP contribution in [0.5, 0.6) is 0 Å². The Morgan fingerprint density at radius 3 is 2.60 bits per heavy atom. The van der Waals surface area contributed by atoms with Crippen molar-refractivity contribution >= 4 is 12.2 Å². The Balaban J connectivity index is 1.77. The van der Waals surface area contributed by atoms with E-state index in [9.17, 15) is 0 Å². The van der Waals surface area contributed by atoms with Gasteiger partial charge >= 0.3 is 0 Å². The molecule has 2 fully saturated rings. The molecule has 1 aromatic rings. The summed E-state index contributed by atoms with van der Waals surface area (Å²) in [5.74, 6) is 2.65. The maximum absolute atomic E-state index is 5.61. The van der Waals surface area contributed by atoms with Gasteiger partial charge in [0.15, 0.2) is 4.77 Å². The molecule has 0 aromatic carbocycles. The normalized spacial score (nSPS) is 21.2. The molecule has 1 saturated carbocycles. The van der Waals surface area contributed by atoms with Crippen molar-refractivity contribution in [2.24, 2.45) is 5.92 Å². The third kappa shape index (κ3) is 2.88. The van der Waals surface area contributed by atoms with Crippen LogP contribution in [-0.2, 0) is 13.2 Å². The number of piperidine rings is 1. The van der Waals surface area contributed by atoms with Crippen LogP contribution in [0.1, 0.15) is 44.3 Å². The molecule has 3 rings (SSSR count). The van der Waals surface area contributed by atoms with Crippen LogP contribution in [-0.4, -0.2) is 32.3 Å². The SMILES string of the molecule is C=CCn1c(C2CC2)nn(CN2CCC(C)CC2)c1=S. The number of hydrogen-bond donors (Lipinski definition) is 0. The average molecular weight is 292 g/mol. The van der Waals surface area contributed by atoms with Gasteiger partial charge in [0.2, 0.25) is 0 Å². The molecule has 0 amide bonds. The van der Waals surface area contributed by atoms with E-state index in [0.29, 0.717) is 5.92 Å². The minimum Gasteiger partial charge on any atom is -0.300 e. The summed E-state index contributed by atoms with van der Waals surface area (Å²) in [6.45, 7) is 10.1. The molecule has 1 aliphatic carbocycles. The van der Waals surface area contributed by atoms with E-state index in [4.69, 9.17) is 17.3 Å². The van der Waals surface area contributed by atoms with Gasteiger partial charge in [-0.25, -0.2) is 4.68 Å². The summed E-state index contributed by atoms with van der Waals surface area (Å²) in [6.07, 6.45) is 7.00. The number of nitrogens with zero attached hydrogens (tertiary/aromatic N) is 4. The fourth-order valence-corrected chi connectivity index (χ4v) is 3.15. The van der Waals surface area contributed by atoms with Gasteiger partial charge in [0.1, 0.15) is 5.82 Å². The van der Waals surface area contributed by atoms with Gasteiger partial charge in [-0.05, 0) is 43.8 Å². The zero-order chi connectivity index (χ0) is 14.1. The van der Waals surface area contributed by atoms with Gasteiger partial charge in [-0.3, -0.25) is 9.47 Å². The molecule has 0 radical (unpaired) electrons. The maximum Gasteiger partial charge on any atom is 0.199 e. The first-order valence-electron chi connectivity index (χ1n) is 7.70. The second-order valence-corrected chi connectivity index (χ2v) is 6.62. The third-order valence-electron chi connectivity index (χ3n) is 4.42. The lowest BCUT2D eigenvalue weighted by molar-refractivity contribution is 0.145. The van der Waals surface area contributed by atoms with Crippen molar-refractivity contribution in [2.75, 3.05) is 13.1 Å². The summed E-state index contributed by atoms with van der Waals surface area (Å²) >= 11 is 5.61. The number of hydrogen-bond acceptors (Lipinski definition) is 3. The molecule has 20 heavy (non-hydrogen) atoms. The number of aromatic nitrogens is 3. The van der Waals surface area contributed by atoms with Crippen molar-refractivity contribution in [2.45, 2.75) is 51.7 Å². The van der Waals surface area contributed by atoms with Gasteiger partial charge in [-0.1, -0.05) is 13.0 Å². The summed E-state index contributed by atoms with van der Waals surface area (Å²) in [5.41, 5.74) is 0. The average Bonchev–Trinajstić information content (AvgIpc) is 3.23. The molecule has 2 heterocycles. The summed E-state index contributed by atoms with van der Waals surface area (Å²) in [6, 6.07) is 0. The van der Waals surface area contributed by atoms with Crippen molar-refractivity contribution in [1.29, 1.82) is 0 Å². The van der Waals surface area contributed by atoms with Gasteiger partial charge in [0.25, 0.3) is 0 Å². The van der Waals surface area contributed by atoms with Crippen molar-refractivity contribution in [3.8, 4) is 0 Å². The number of rotatable bonds is 5. The minimum absolute atomic E-state index is 0.624. The Morgan fingerprint density at radius 2 is 2.00 bits per heavy atom. The quantitative estimate of drug-likeness (QED) is 0.616. The highest BCUT2D eigenvalue weighted by molar-refractivity contribution is 7.71. The van der Waals surface area contributed by atoms with Gasteiger partial charge in [-0.15, -0.1) is 6.58 Å². The molecule has 1 saturated heterocycles. The molecule has 0 atom stereocenters. The van der Waals surface area contributed by atoms with Crippen molar-refractivity contribution in [1.82, 2.24) is 19.2 Å².